The van der Waals surface area contributed by atoms with Gasteiger partial charge in [0.2, 0.25) is 5.91 Å². The lowest BCUT2D eigenvalue weighted by Gasteiger charge is -2.48. The number of hydrogen-bond acceptors (Lipinski definition) is 2. The molecule has 3 heterocycles. The summed E-state index contributed by atoms with van der Waals surface area (Å²) in [5, 5.41) is 1.26. The van der Waals surface area contributed by atoms with Crippen molar-refractivity contribution in [2.75, 3.05) is 13.7 Å². The SMILES string of the molecule is COc1ccc2c(c1)C1(C)c3[nH]c4ccccc4c3CCN1C(=O)C2. The molecule has 4 nitrogen and oxygen atoms in total. The van der Waals surface area contributed by atoms with E-state index in [1.165, 1.54) is 16.5 Å². The lowest BCUT2D eigenvalue weighted by molar-refractivity contribution is -0.137. The smallest absolute Gasteiger partial charge is 0.228 e. The van der Waals surface area contributed by atoms with Crippen LogP contribution in [0.2, 0.25) is 0 Å². The predicted octanol–water partition coefficient (Wildman–Crippen LogP) is 3.38. The Labute approximate surface area is 146 Å². The number of carbonyl (C=O) groups is 1. The third kappa shape index (κ3) is 1.79. The van der Waals surface area contributed by atoms with Gasteiger partial charge >= 0.3 is 0 Å². The van der Waals surface area contributed by atoms with E-state index in [9.17, 15) is 4.79 Å². The highest BCUT2D eigenvalue weighted by Crippen LogP contribution is 2.47. The second kappa shape index (κ2) is 4.88. The number of methoxy groups -OCH3 is 1. The zero-order valence-corrected chi connectivity index (χ0v) is 14.4. The molecular formula is C21H20N2O2. The lowest BCUT2D eigenvalue weighted by Crippen LogP contribution is -2.56. The second-order valence-electron chi connectivity index (χ2n) is 7.09. The zero-order valence-electron chi connectivity index (χ0n) is 14.4. The molecule has 0 saturated carbocycles. The second-order valence-corrected chi connectivity index (χ2v) is 7.09. The number of amides is 1. The Balaban J connectivity index is 1.84. The van der Waals surface area contributed by atoms with Crippen molar-refractivity contribution in [1.29, 1.82) is 0 Å². The average molecular weight is 332 g/mol. The number of hydrogen-bond donors (Lipinski definition) is 1. The summed E-state index contributed by atoms with van der Waals surface area (Å²) in [7, 11) is 1.69. The van der Waals surface area contributed by atoms with Crippen molar-refractivity contribution in [1.82, 2.24) is 9.88 Å². The van der Waals surface area contributed by atoms with E-state index in [1.807, 2.05) is 23.1 Å². The average Bonchev–Trinajstić information content (AvgIpc) is 3.02. The molecule has 0 bridgehead atoms. The molecule has 0 spiro atoms. The first kappa shape index (κ1) is 14.6. The highest BCUT2D eigenvalue weighted by Gasteiger charge is 2.48. The molecule has 1 unspecified atom stereocenters. The molecule has 25 heavy (non-hydrogen) atoms. The molecule has 0 aliphatic carbocycles. The maximum atomic E-state index is 12.9. The number of para-hydroxylation sites is 1. The van der Waals surface area contributed by atoms with E-state index >= 15 is 0 Å². The third-order valence-electron chi connectivity index (χ3n) is 5.91. The van der Waals surface area contributed by atoms with Crippen molar-refractivity contribution in [3.05, 3.63) is 64.8 Å². The number of ether oxygens (including phenoxy) is 1. The Morgan fingerprint density at radius 2 is 2.04 bits per heavy atom. The van der Waals surface area contributed by atoms with E-state index in [1.54, 1.807) is 7.11 Å². The molecule has 0 saturated heterocycles. The molecule has 1 aromatic heterocycles. The van der Waals surface area contributed by atoms with Gasteiger partial charge in [-0.05, 0) is 48.2 Å². The number of carbonyl (C=O) groups excluding carboxylic acids is 1. The molecule has 2 aromatic carbocycles. The van der Waals surface area contributed by atoms with Crippen LogP contribution in [0.15, 0.2) is 42.5 Å². The number of nitrogens with one attached hydrogen (secondary N) is 1. The first-order valence-electron chi connectivity index (χ1n) is 8.71. The molecule has 0 radical (unpaired) electrons. The van der Waals surface area contributed by atoms with Gasteiger partial charge < -0.3 is 14.6 Å². The Morgan fingerprint density at radius 1 is 1.20 bits per heavy atom. The number of H-pyrrole nitrogens is 1. The normalized spacial score (nSPS) is 21.7. The van der Waals surface area contributed by atoms with Gasteiger partial charge in [-0.3, -0.25) is 4.79 Å². The van der Waals surface area contributed by atoms with Crippen LogP contribution in [0, 0.1) is 0 Å². The molecule has 5 rings (SSSR count). The Hall–Kier alpha value is -2.75. The van der Waals surface area contributed by atoms with E-state index in [2.05, 4.69) is 36.2 Å². The van der Waals surface area contributed by atoms with Gasteiger partial charge in [0.15, 0.2) is 0 Å². The van der Waals surface area contributed by atoms with Crippen molar-refractivity contribution in [3.63, 3.8) is 0 Å². The monoisotopic (exact) mass is 332 g/mol. The van der Waals surface area contributed by atoms with Crippen LogP contribution >= 0.6 is 0 Å². The van der Waals surface area contributed by atoms with Crippen LogP contribution in [-0.4, -0.2) is 29.4 Å². The summed E-state index contributed by atoms with van der Waals surface area (Å²) in [4.78, 5) is 18.5. The van der Waals surface area contributed by atoms with Gasteiger partial charge in [-0.2, -0.15) is 0 Å². The molecule has 3 aromatic rings. The minimum Gasteiger partial charge on any atom is -0.497 e. The van der Waals surface area contributed by atoms with E-state index < -0.39 is 5.54 Å². The summed E-state index contributed by atoms with van der Waals surface area (Å²) in [6.07, 6.45) is 1.35. The first-order valence-corrected chi connectivity index (χ1v) is 8.71. The highest BCUT2D eigenvalue weighted by atomic mass is 16.5. The van der Waals surface area contributed by atoms with Gasteiger partial charge in [-0.15, -0.1) is 0 Å². The molecule has 4 heteroatoms. The van der Waals surface area contributed by atoms with Crippen molar-refractivity contribution in [2.24, 2.45) is 0 Å². The summed E-state index contributed by atoms with van der Waals surface area (Å²) in [6, 6.07) is 14.5. The summed E-state index contributed by atoms with van der Waals surface area (Å²) < 4.78 is 5.47. The number of fused-ring (bicyclic) bond motifs is 7. The van der Waals surface area contributed by atoms with Crippen molar-refractivity contribution < 1.29 is 9.53 Å². The minimum absolute atomic E-state index is 0.199. The summed E-state index contributed by atoms with van der Waals surface area (Å²) >= 11 is 0. The van der Waals surface area contributed by atoms with Crippen LogP contribution < -0.4 is 4.74 Å². The largest absolute Gasteiger partial charge is 0.497 e. The van der Waals surface area contributed by atoms with Crippen LogP contribution in [0.1, 0.15) is 29.3 Å². The number of rotatable bonds is 1. The molecule has 2 aliphatic heterocycles. The lowest BCUT2D eigenvalue weighted by atomic mass is 9.75. The fraction of sp³-hybridized carbons (Fsp3) is 0.286. The quantitative estimate of drug-likeness (QED) is 0.742. The topological polar surface area (TPSA) is 45.3 Å². The molecular weight excluding hydrogens is 312 g/mol. The molecule has 2 aliphatic rings. The standard InChI is InChI=1S/C21H20N2O2/c1-21-17-12-14(25-2)8-7-13(17)11-19(24)23(21)10-9-16-15-5-3-4-6-18(15)22-20(16)21/h3-8,12,22H,9-11H2,1-2H3. The summed E-state index contributed by atoms with van der Waals surface area (Å²) in [6.45, 7) is 2.91. The van der Waals surface area contributed by atoms with Gasteiger partial charge in [-0.25, -0.2) is 0 Å². The number of benzene rings is 2. The van der Waals surface area contributed by atoms with Crippen LogP contribution in [-0.2, 0) is 23.2 Å². The van der Waals surface area contributed by atoms with Crippen LogP contribution in [0.4, 0.5) is 0 Å². The predicted molar refractivity (Wildman–Crippen MR) is 96.9 cm³/mol. The molecule has 0 fully saturated rings. The van der Waals surface area contributed by atoms with Gasteiger partial charge in [0, 0.05) is 23.1 Å². The maximum absolute atomic E-state index is 12.9. The van der Waals surface area contributed by atoms with Gasteiger partial charge in [0.05, 0.1) is 13.5 Å². The van der Waals surface area contributed by atoms with E-state index in [0.717, 1.165) is 35.5 Å². The van der Waals surface area contributed by atoms with E-state index in [-0.39, 0.29) is 5.91 Å². The molecule has 1 amide bonds. The van der Waals surface area contributed by atoms with Crippen molar-refractivity contribution in [3.8, 4) is 5.75 Å². The van der Waals surface area contributed by atoms with Crippen LogP contribution in [0.3, 0.4) is 0 Å². The van der Waals surface area contributed by atoms with Crippen molar-refractivity contribution >= 4 is 16.8 Å². The number of aromatic nitrogens is 1. The first-order chi connectivity index (χ1) is 12.1. The Morgan fingerprint density at radius 3 is 2.88 bits per heavy atom. The Bertz CT molecular complexity index is 1020. The number of nitrogens with zero attached hydrogens (tertiary/aromatic N) is 1. The van der Waals surface area contributed by atoms with Gasteiger partial charge in [-0.1, -0.05) is 24.3 Å². The Kier molecular flexibility index (Phi) is 2.85. The molecule has 1 atom stereocenters. The van der Waals surface area contributed by atoms with Gasteiger partial charge in [0.25, 0.3) is 0 Å². The third-order valence-corrected chi connectivity index (χ3v) is 5.91. The van der Waals surface area contributed by atoms with Crippen LogP contribution in [0.25, 0.3) is 10.9 Å². The molecule has 1 N–H and O–H groups in total. The van der Waals surface area contributed by atoms with Gasteiger partial charge in [0.1, 0.15) is 11.3 Å². The fourth-order valence-corrected chi connectivity index (χ4v) is 4.66. The minimum atomic E-state index is -0.480. The summed E-state index contributed by atoms with van der Waals surface area (Å²) in [5.41, 5.74) is 5.39. The van der Waals surface area contributed by atoms with E-state index in [4.69, 9.17) is 4.74 Å². The fourth-order valence-electron chi connectivity index (χ4n) is 4.66. The highest BCUT2D eigenvalue weighted by molar-refractivity contribution is 5.89. The van der Waals surface area contributed by atoms with Crippen molar-refractivity contribution in [2.45, 2.75) is 25.3 Å². The number of aromatic amines is 1. The van der Waals surface area contributed by atoms with E-state index in [0.29, 0.717) is 6.42 Å². The molecule has 126 valence electrons. The maximum Gasteiger partial charge on any atom is 0.228 e. The zero-order chi connectivity index (χ0) is 17.2. The summed E-state index contributed by atoms with van der Waals surface area (Å²) in [5.74, 6) is 1.03. The van der Waals surface area contributed by atoms with Crippen LogP contribution in [0.5, 0.6) is 5.75 Å².